The molecule has 0 bridgehead atoms. The van der Waals surface area contributed by atoms with Crippen molar-refractivity contribution in [2.75, 3.05) is 11.6 Å². The Bertz CT molecular complexity index is 923. The highest BCUT2D eigenvalue weighted by Gasteiger charge is 2.90. The average molecular weight is 452 g/mol. The number of hydrogen-bond acceptors (Lipinski definition) is 9. The molecule has 17 heteroatoms. The Kier molecular flexibility index (Phi) is 4.85. The summed E-state index contributed by atoms with van der Waals surface area (Å²) in [5.74, 6) is -0.796. The number of nitrogens with zero attached hydrogens (tertiary/aromatic N) is 2. The van der Waals surface area contributed by atoms with Gasteiger partial charge in [-0.05, 0) is 6.07 Å². The quantitative estimate of drug-likeness (QED) is 0.261. The van der Waals surface area contributed by atoms with Crippen LogP contribution in [0.1, 0.15) is 6.23 Å². The second-order valence-electron chi connectivity index (χ2n) is 5.83. The molecule has 6 atom stereocenters. The van der Waals surface area contributed by atoms with Gasteiger partial charge in [-0.15, -0.1) is 11.6 Å². The molecule has 1 aliphatic heterocycles. The predicted octanol–water partition coefficient (Wildman–Crippen LogP) is -0.990. The summed E-state index contributed by atoms with van der Waals surface area (Å²) in [5.41, 5.74) is -0.350. The van der Waals surface area contributed by atoms with E-state index in [0.29, 0.717) is 4.57 Å². The van der Waals surface area contributed by atoms with E-state index in [4.69, 9.17) is 31.9 Å². The Morgan fingerprint density at radius 3 is 2.56 bits per heavy atom. The van der Waals surface area contributed by atoms with E-state index >= 15 is 0 Å². The van der Waals surface area contributed by atoms with Crippen molar-refractivity contribution in [2.45, 2.75) is 29.7 Å². The number of fused-ring (bicyclic) bond motifs is 1. The molecule has 2 heterocycles. The number of anilines is 1. The van der Waals surface area contributed by atoms with Crippen molar-refractivity contribution >= 4 is 33.1 Å². The molecule has 0 spiro atoms. The number of nitrogen functional groups attached to an aromatic ring is 1. The van der Waals surface area contributed by atoms with E-state index in [1.807, 2.05) is 0 Å². The molecule has 6 N–H and O–H groups in total. The summed E-state index contributed by atoms with van der Waals surface area (Å²) in [6, 6.07) is 1.17. The zero-order valence-electron chi connectivity index (χ0n) is 13.0. The molecule has 13 nitrogen and oxygen atoms in total. The number of rotatable bonds is 6. The van der Waals surface area contributed by atoms with Crippen molar-refractivity contribution in [2.24, 2.45) is 0 Å². The monoisotopic (exact) mass is 451 g/mol. The van der Waals surface area contributed by atoms with Gasteiger partial charge in [0.2, 0.25) is 0 Å². The summed E-state index contributed by atoms with van der Waals surface area (Å²) in [5, 5.41) is 10.5. The van der Waals surface area contributed by atoms with Crippen LogP contribution in [0, 0.1) is 0 Å². The minimum atomic E-state index is -5.44. The van der Waals surface area contributed by atoms with Gasteiger partial charge in [0, 0.05) is 6.20 Å². The zero-order chi connectivity index (χ0) is 20.4. The molecule has 0 aromatic carbocycles. The van der Waals surface area contributed by atoms with Gasteiger partial charge in [0.05, 0.1) is 5.88 Å². The van der Waals surface area contributed by atoms with Crippen LogP contribution in [0.4, 0.5) is 10.2 Å². The number of ether oxygens (including phenoxy) is 1. The van der Waals surface area contributed by atoms with Crippen LogP contribution in [0.5, 0.6) is 0 Å². The van der Waals surface area contributed by atoms with Crippen LogP contribution in [-0.2, 0) is 22.7 Å². The first-order chi connectivity index (χ1) is 12.3. The number of nitrogens with two attached hydrogens (primary N) is 1. The third kappa shape index (κ3) is 3.25. The fourth-order valence-electron chi connectivity index (χ4n) is 2.98. The highest BCUT2D eigenvalue weighted by molar-refractivity contribution is 7.60. The third-order valence-electron chi connectivity index (χ3n) is 4.19. The van der Waals surface area contributed by atoms with Crippen molar-refractivity contribution in [1.82, 2.24) is 9.55 Å². The summed E-state index contributed by atoms with van der Waals surface area (Å²) in [6.45, 7) is 0. The maximum Gasteiger partial charge on any atom is 0.481 e. The Balaban J connectivity index is 1.88. The Labute approximate surface area is 154 Å². The maximum absolute atomic E-state index is 14.9. The fraction of sp³-hybridized carbons (Fsp3) is 0.600. The van der Waals surface area contributed by atoms with Crippen LogP contribution < -0.4 is 11.4 Å². The Hall–Kier alpha value is -0.920. The lowest BCUT2D eigenvalue weighted by Crippen LogP contribution is -2.38. The molecule has 27 heavy (non-hydrogen) atoms. The second kappa shape index (κ2) is 6.29. The predicted molar refractivity (Wildman–Crippen MR) is 84.2 cm³/mol. The van der Waals surface area contributed by atoms with Gasteiger partial charge in [-0.25, -0.2) is 18.3 Å². The molecule has 3 rings (SSSR count). The Morgan fingerprint density at radius 2 is 2.07 bits per heavy atom. The molecule has 2 fully saturated rings. The summed E-state index contributed by atoms with van der Waals surface area (Å²) < 4.78 is 51.3. The number of alkyl halides is 2. The second-order valence-corrected chi connectivity index (χ2v) is 8.88. The van der Waals surface area contributed by atoms with Crippen LogP contribution in [0.25, 0.3) is 0 Å². The van der Waals surface area contributed by atoms with Crippen molar-refractivity contribution in [3.63, 3.8) is 0 Å². The molecule has 0 radical (unpaired) electrons. The van der Waals surface area contributed by atoms with Gasteiger partial charge in [0.15, 0.2) is 18.0 Å². The lowest BCUT2D eigenvalue weighted by molar-refractivity contribution is -0.0851. The molecule has 0 amide bonds. The first kappa shape index (κ1) is 20.8. The van der Waals surface area contributed by atoms with E-state index in [1.54, 1.807) is 0 Å². The first-order valence-electron chi connectivity index (χ1n) is 7.00. The highest BCUT2D eigenvalue weighted by Crippen LogP contribution is 2.70. The van der Waals surface area contributed by atoms with E-state index in [2.05, 4.69) is 13.8 Å². The van der Waals surface area contributed by atoms with Gasteiger partial charge < -0.3 is 30.3 Å². The van der Waals surface area contributed by atoms with E-state index < -0.39 is 56.9 Å². The number of aliphatic hydroxyl groups is 1. The lowest BCUT2D eigenvalue weighted by Gasteiger charge is -2.24. The van der Waals surface area contributed by atoms with Crippen molar-refractivity contribution in [1.29, 1.82) is 0 Å². The van der Waals surface area contributed by atoms with E-state index in [1.165, 1.54) is 6.07 Å². The molecule has 2 aliphatic rings. The van der Waals surface area contributed by atoms with Crippen molar-refractivity contribution < 1.29 is 46.9 Å². The summed E-state index contributed by atoms with van der Waals surface area (Å²) in [6.07, 6.45) is -4.95. The lowest BCUT2D eigenvalue weighted by atomic mass is 10.1. The van der Waals surface area contributed by atoms with E-state index in [9.17, 15) is 28.3 Å². The molecule has 1 aromatic heterocycles. The number of hydrogen-bond donors (Lipinski definition) is 5. The van der Waals surface area contributed by atoms with Gasteiger partial charge >= 0.3 is 21.3 Å². The molecule has 1 saturated carbocycles. The fourth-order valence-corrected chi connectivity index (χ4v) is 5.23. The third-order valence-corrected chi connectivity index (χ3v) is 6.74. The average Bonchev–Trinajstić information content (AvgIpc) is 2.89. The van der Waals surface area contributed by atoms with E-state index in [0.717, 1.165) is 6.20 Å². The van der Waals surface area contributed by atoms with Gasteiger partial charge in [-0.1, -0.05) is 0 Å². The SMILES string of the molecule is Nc1ccn([C@@H]2O[C@]3(CCl)C(OP(=O)(O)OP(=O)(O)O)[C@]3(O)[C@H]2F)c(=O)n1. The number of halogens is 2. The zero-order valence-corrected chi connectivity index (χ0v) is 15.5. The standard InChI is InChI=1S/C10H13ClFN3O10P2/c11-3-9-7(24-27(21,22)25-26(18,19)20)10(9,17)5(12)6(23-9)15-2-1-4(13)14-8(15)16/h1-2,5-7,17H,3H2,(H,21,22)(H2,13,14,16)(H2,18,19,20)/t5-,6+,7?,9+,10+/m0/s1. The highest BCUT2D eigenvalue weighted by atomic mass is 35.5. The minimum Gasteiger partial charge on any atom is -0.383 e. The molecular weight excluding hydrogens is 439 g/mol. The van der Waals surface area contributed by atoms with Crippen molar-refractivity contribution in [3.05, 3.63) is 22.7 Å². The van der Waals surface area contributed by atoms with Gasteiger partial charge in [0.25, 0.3) is 0 Å². The smallest absolute Gasteiger partial charge is 0.383 e. The summed E-state index contributed by atoms with van der Waals surface area (Å²) in [7, 11) is -10.9. The number of phosphoric ester groups is 1. The Morgan fingerprint density at radius 1 is 1.44 bits per heavy atom. The number of aromatic nitrogens is 2. The van der Waals surface area contributed by atoms with Crippen LogP contribution in [0.15, 0.2) is 17.1 Å². The molecule has 1 aromatic rings. The van der Waals surface area contributed by atoms with Gasteiger partial charge in [0.1, 0.15) is 17.5 Å². The normalized spacial score (nSPS) is 37.6. The first-order valence-corrected chi connectivity index (χ1v) is 10.6. The molecular formula is C10H13ClFN3O10P2. The van der Waals surface area contributed by atoms with Crippen molar-refractivity contribution in [3.8, 4) is 0 Å². The van der Waals surface area contributed by atoms with Crippen LogP contribution in [0.3, 0.4) is 0 Å². The summed E-state index contributed by atoms with van der Waals surface area (Å²) in [4.78, 5) is 41.8. The van der Waals surface area contributed by atoms with E-state index in [-0.39, 0.29) is 5.82 Å². The van der Waals surface area contributed by atoms with Crippen LogP contribution in [-0.4, -0.2) is 58.7 Å². The molecule has 152 valence electrons. The molecule has 2 unspecified atom stereocenters. The van der Waals surface area contributed by atoms with Gasteiger partial charge in [-0.2, -0.15) is 9.29 Å². The molecule has 1 aliphatic carbocycles. The molecule has 1 saturated heterocycles. The topological polar surface area (TPSA) is 204 Å². The number of phosphoric acid groups is 2. The summed E-state index contributed by atoms with van der Waals surface area (Å²) >= 11 is 5.70. The van der Waals surface area contributed by atoms with Crippen LogP contribution in [0.2, 0.25) is 0 Å². The van der Waals surface area contributed by atoms with Gasteiger partial charge in [-0.3, -0.25) is 9.09 Å². The minimum absolute atomic E-state index is 0.141. The largest absolute Gasteiger partial charge is 0.481 e. The maximum atomic E-state index is 14.9. The van der Waals surface area contributed by atoms with Crippen LogP contribution >= 0.6 is 27.2 Å².